The fraction of sp³-hybridized carbons (Fsp3) is 0.533. The smallest absolute Gasteiger partial charge is 0.409 e. The van der Waals surface area contributed by atoms with Crippen molar-refractivity contribution in [2.45, 2.75) is 6.92 Å². The monoisotopic (exact) mass is 312 g/mol. The van der Waals surface area contributed by atoms with Crippen LogP contribution < -0.4 is 4.74 Å². The Morgan fingerprint density at radius 3 is 2.48 bits per heavy atom. The zero-order valence-corrected chi connectivity index (χ0v) is 13.0. The Balaban J connectivity index is 1.65. The quantitative estimate of drug-likeness (QED) is 0.838. The van der Waals surface area contributed by atoms with Gasteiger partial charge in [-0.15, -0.1) is 0 Å². The number of carbonyl (C=O) groups excluding carboxylic acids is 1. The van der Waals surface area contributed by atoms with Crippen molar-refractivity contribution in [1.29, 1.82) is 0 Å². The van der Waals surface area contributed by atoms with Gasteiger partial charge in [0.15, 0.2) is 0 Å². The van der Waals surface area contributed by atoms with Gasteiger partial charge in [0.25, 0.3) is 0 Å². The van der Waals surface area contributed by atoms with Crippen molar-refractivity contribution in [1.82, 2.24) is 9.80 Å². The van der Waals surface area contributed by atoms with E-state index in [2.05, 4.69) is 4.90 Å². The fourth-order valence-corrected chi connectivity index (χ4v) is 2.32. The lowest BCUT2D eigenvalue weighted by molar-refractivity contribution is 0.0757. The van der Waals surface area contributed by atoms with Crippen molar-refractivity contribution in [3.63, 3.8) is 0 Å². The van der Waals surface area contributed by atoms with E-state index in [9.17, 15) is 4.79 Å². The summed E-state index contributed by atoms with van der Waals surface area (Å²) < 4.78 is 10.7. The number of benzene rings is 1. The van der Waals surface area contributed by atoms with E-state index >= 15 is 0 Å². The number of carbonyl (C=O) groups is 1. The Morgan fingerprint density at radius 1 is 1.19 bits per heavy atom. The number of halogens is 1. The van der Waals surface area contributed by atoms with Crippen molar-refractivity contribution >= 4 is 17.7 Å². The molecule has 0 unspecified atom stereocenters. The van der Waals surface area contributed by atoms with Crippen LogP contribution in [0, 0.1) is 0 Å². The number of rotatable bonds is 5. The maximum absolute atomic E-state index is 11.6. The van der Waals surface area contributed by atoms with Gasteiger partial charge in [-0.3, -0.25) is 4.90 Å². The van der Waals surface area contributed by atoms with E-state index in [1.165, 1.54) is 0 Å². The lowest BCUT2D eigenvalue weighted by Crippen LogP contribution is -2.49. The van der Waals surface area contributed by atoms with Crippen molar-refractivity contribution in [2.75, 3.05) is 45.9 Å². The summed E-state index contributed by atoms with van der Waals surface area (Å²) in [5.41, 5.74) is 0. The van der Waals surface area contributed by atoms with Crippen molar-refractivity contribution in [2.24, 2.45) is 0 Å². The van der Waals surface area contributed by atoms with Gasteiger partial charge >= 0.3 is 6.09 Å². The topological polar surface area (TPSA) is 42.0 Å². The Kier molecular flexibility index (Phi) is 6.14. The van der Waals surface area contributed by atoms with Crippen molar-refractivity contribution in [3.8, 4) is 5.75 Å². The summed E-state index contributed by atoms with van der Waals surface area (Å²) in [5, 5.41) is 0.706. The lowest BCUT2D eigenvalue weighted by Gasteiger charge is -2.33. The molecule has 5 nitrogen and oxygen atoms in total. The molecule has 1 aliphatic rings. The molecular weight excluding hydrogens is 292 g/mol. The number of ether oxygens (including phenoxy) is 2. The Labute approximate surface area is 130 Å². The average Bonchev–Trinajstić information content (AvgIpc) is 2.50. The van der Waals surface area contributed by atoms with Crippen molar-refractivity contribution < 1.29 is 14.3 Å². The van der Waals surface area contributed by atoms with Crippen LogP contribution in [0.3, 0.4) is 0 Å². The van der Waals surface area contributed by atoms with E-state index in [1.54, 1.807) is 4.90 Å². The number of hydrogen-bond donors (Lipinski definition) is 0. The highest BCUT2D eigenvalue weighted by Crippen LogP contribution is 2.15. The molecule has 0 radical (unpaired) electrons. The number of piperazine rings is 1. The molecule has 0 atom stereocenters. The maximum Gasteiger partial charge on any atom is 0.409 e. The molecule has 6 heteroatoms. The highest BCUT2D eigenvalue weighted by atomic mass is 35.5. The van der Waals surface area contributed by atoms with Gasteiger partial charge in [0.05, 0.1) is 6.61 Å². The molecule has 21 heavy (non-hydrogen) atoms. The fourth-order valence-electron chi connectivity index (χ4n) is 2.19. The predicted molar refractivity (Wildman–Crippen MR) is 82.0 cm³/mol. The first-order valence-electron chi connectivity index (χ1n) is 7.21. The van der Waals surface area contributed by atoms with E-state index < -0.39 is 0 Å². The maximum atomic E-state index is 11.6. The molecule has 2 rings (SSSR count). The van der Waals surface area contributed by atoms with Crippen LogP contribution in [0.2, 0.25) is 5.02 Å². The van der Waals surface area contributed by atoms with Crippen molar-refractivity contribution in [3.05, 3.63) is 29.3 Å². The van der Waals surface area contributed by atoms with Crippen LogP contribution in [0.5, 0.6) is 5.75 Å². The molecule has 1 aromatic rings. The molecule has 116 valence electrons. The first-order chi connectivity index (χ1) is 10.2. The van der Waals surface area contributed by atoms with Crippen LogP contribution in [0.4, 0.5) is 4.79 Å². The molecule has 1 fully saturated rings. The van der Waals surface area contributed by atoms with E-state index in [0.29, 0.717) is 31.3 Å². The number of nitrogens with zero attached hydrogens (tertiary/aromatic N) is 2. The average molecular weight is 313 g/mol. The summed E-state index contributed by atoms with van der Waals surface area (Å²) in [5.74, 6) is 0.824. The Bertz CT molecular complexity index is 445. The number of hydrogen-bond acceptors (Lipinski definition) is 4. The summed E-state index contributed by atoms with van der Waals surface area (Å²) in [6, 6.07) is 7.35. The SMILES string of the molecule is CCOC(=O)N1CCN(CCOc2ccc(Cl)cc2)CC1. The molecular formula is C15H21ClN2O3. The lowest BCUT2D eigenvalue weighted by atomic mass is 10.3. The standard InChI is InChI=1S/C15H21ClN2O3/c1-2-20-15(19)18-9-7-17(8-10-18)11-12-21-14-5-3-13(16)4-6-14/h3-6H,2,7-12H2,1H3. The summed E-state index contributed by atoms with van der Waals surface area (Å²) >= 11 is 5.82. The van der Waals surface area contributed by atoms with E-state index in [0.717, 1.165) is 25.4 Å². The molecule has 1 amide bonds. The second-order valence-corrected chi connectivity index (χ2v) is 5.27. The van der Waals surface area contributed by atoms with Crippen LogP contribution in [-0.4, -0.2) is 61.8 Å². The van der Waals surface area contributed by atoms with Gasteiger partial charge in [-0.2, -0.15) is 0 Å². The largest absolute Gasteiger partial charge is 0.492 e. The van der Waals surface area contributed by atoms with E-state index in [-0.39, 0.29) is 6.09 Å². The Morgan fingerprint density at radius 2 is 1.86 bits per heavy atom. The summed E-state index contributed by atoms with van der Waals surface area (Å²) in [6.45, 7) is 6.84. The highest BCUT2D eigenvalue weighted by molar-refractivity contribution is 6.30. The van der Waals surface area contributed by atoms with Gasteiger partial charge in [0.1, 0.15) is 12.4 Å². The van der Waals surface area contributed by atoms with Gasteiger partial charge in [-0.1, -0.05) is 11.6 Å². The second kappa shape index (κ2) is 8.10. The predicted octanol–water partition coefficient (Wildman–Crippen LogP) is 2.49. The molecule has 0 N–H and O–H groups in total. The molecule has 0 saturated carbocycles. The van der Waals surface area contributed by atoms with E-state index in [4.69, 9.17) is 21.1 Å². The van der Waals surface area contributed by atoms with Gasteiger partial charge in [-0.05, 0) is 31.2 Å². The van der Waals surface area contributed by atoms with Crippen LogP contribution in [0.1, 0.15) is 6.92 Å². The second-order valence-electron chi connectivity index (χ2n) is 4.83. The summed E-state index contributed by atoms with van der Waals surface area (Å²) in [7, 11) is 0. The summed E-state index contributed by atoms with van der Waals surface area (Å²) in [6.07, 6.45) is -0.213. The normalized spacial score (nSPS) is 15.8. The molecule has 0 aromatic heterocycles. The summed E-state index contributed by atoms with van der Waals surface area (Å²) in [4.78, 5) is 15.6. The van der Waals surface area contributed by atoms with Crippen LogP contribution in [-0.2, 0) is 4.74 Å². The molecule has 0 spiro atoms. The first kappa shape index (κ1) is 15.9. The van der Waals surface area contributed by atoms with Crippen LogP contribution in [0.15, 0.2) is 24.3 Å². The highest BCUT2D eigenvalue weighted by Gasteiger charge is 2.21. The zero-order chi connectivity index (χ0) is 15.1. The minimum atomic E-state index is -0.213. The third-order valence-electron chi connectivity index (χ3n) is 3.39. The Hall–Kier alpha value is -1.46. The third kappa shape index (κ3) is 5.10. The first-order valence-corrected chi connectivity index (χ1v) is 7.59. The molecule has 0 aliphatic carbocycles. The minimum Gasteiger partial charge on any atom is -0.492 e. The molecule has 0 bridgehead atoms. The molecule has 1 heterocycles. The van der Waals surface area contributed by atoms with Gasteiger partial charge in [-0.25, -0.2) is 4.79 Å². The third-order valence-corrected chi connectivity index (χ3v) is 3.64. The van der Waals surface area contributed by atoms with Crippen LogP contribution in [0.25, 0.3) is 0 Å². The molecule has 1 aliphatic heterocycles. The van der Waals surface area contributed by atoms with Crippen LogP contribution >= 0.6 is 11.6 Å². The molecule has 1 saturated heterocycles. The van der Waals surface area contributed by atoms with E-state index in [1.807, 2.05) is 31.2 Å². The minimum absolute atomic E-state index is 0.213. The van der Waals surface area contributed by atoms with Gasteiger partial charge in [0, 0.05) is 37.7 Å². The van der Waals surface area contributed by atoms with Gasteiger partial charge < -0.3 is 14.4 Å². The number of amides is 1. The molecule has 1 aromatic carbocycles. The van der Waals surface area contributed by atoms with Gasteiger partial charge in [0.2, 0.25) is 0 Å². The zero-order valence-electron chi connectivity index (χ0n) is 12.3.